The Balaban J connectivity index is 1.60. The molecule has 38 heavy (non-hydrogen) atoms. The Bertz CT molecular complexity index is 1310. The van der Waals surface area contributed by atoms with E-state index in [1.54, 1.807) is 6.92 Å². The number of piperazine rings is 1. The fourth-order valence-corrected chi connectivity index (χ4v) is 4.96. The third-order valence-electron chi connectivity index (χ3n) is 6.84. The summed E-state index contributed by atoms with van der Waals surface area (Å²) < 4.78 is 5.66. The van der Waals surface area contributed by atoms with E-state index in [4.69, 9.17) is 16.3 Å². The molecule has 0 aliphatic carbocycles. The number of hydrogen-bond acceptors (Lipinski definition) is 8. The summed E-state index contributed by atoms with van der Waals surface area (Å²) >= 11 is 6.22. The summed E-state index contributed by atoms with van der Waals surface area (Å²) in [5.41, 5.74) is 1.62. The van der Waals surface area contributed by atoms with Crippen LogP contribution in [0.15, 0.2) is 30.3 Å². The molecule has 2 aromatic rings. The Morgan fingerprint density at radius 2 is 1.92 bits per heavy atom. The van der Waals surface area contributed by atoms with Crippen molar-refractivity contribution in [2.24, 2.45) is 0 Å². The SMILES string of the molecule is CCN1CCN(C(=O)NC(C(=O)C[C@H]2Cc3cccc(C)c3OB2O)c2ccc(O)c(O)c2Cl)C(=O)C1=O. The minimum Gasteiger partial charge on any atom is -0.536 e. The average Bonchev–Trinajstić information content (AvgIpc) is 2.89. The molecule has 2 aliphatic heterocycles. The van der Waals surface area contributed by atoms with E-state index in [0.717, 1.165) is 17.2 Å². The number of urea groups is 1. The van der Waals surface area contributed by atoms with E-state index in [0.29, 0.717) is 23.6 Å². The zero-order valence-electron chi connectivity index (χ0n) is 20.8. The highest BCUT2D eigenvalue weighted by Gasteiger charge is 2.41. The number of fused-ring (bicyclic) bond motifs is 1. The first-order valence-electron chi connectivity index (χ1n) is 12.1. The van der Waals surface area contributed by atoms with Crippen molar-refractivity contribution < 1.29 is 39.1 Å². The second-order valence-electron chi connectivity index (χ2n) is 9.27. The molecule has 4 amide bonds. The van der Waals surface area contributed by atoms with Gasteiger partial charge in [-0.2, -0.15) is 0 Å². The van der Waals surface area contributed by atoms with Crippen LogP contribution in [0.3, 0.4) is 0 Å². The summed E-state index contributed by atoms with van der Waals surface area (Å²) in [4.78, 5) is 53.5. The van der Waals surface area contributed by atoms with Crippen molar-refractivity contribution in [2.75, 3.05) is 19.6 Å². The minimum atomic E-state index is -1.47. The number of nitrogens with zero attached hydrogens (tertiary/aromatic N) is 2. The largest absolute Gasteiger partial charge is 0.536 e. The van der Waals surface area contributed by atoms with Crippen molar-refractivity contribution in [1.82, 2.24) is 15.1 Å². The second kappa shape index (κ2) is 10.9. The van der Waals surface area contributed by atoms with Gasteiger partial charge in [0.2, 0.25) is 0 Å². The van der Waals surface area contributed by atoms with Gasteiger partial charge in [-0.05, 0) is 37.5 Å². The molecule has 200 valence electrons. The Morgan fingerprint density at radius 1 is 1.18 bits per heavy atom. The molecule has 13 heteroatoms. The first-order valence-corrected chi connectivity index (χ1v) is 12.5. The van der Waals surface area contributed by atoms with Crippen LogP contribution in [0.25, 0.3) is 0 Å². The summed E-state index contributed by atoms with van der Waals surface area (Å²) in [6.07, 6.45) is 0.0685. The van der Waals surface area contributed by atoms with Gasteiger partial charge in [-0.3, -0.25) is 19.3 Å². The van der Waals surface area contributed by atoms with E-state index >= 15 is 0 Å². The molecule has 1 fully saturated rings. The van der Waals surface area contributed by atoms with E-state index < -0.39 is 54.1 Å². The molecule has 2 atom stereocenters. The summed E-state index contributed by atoms with van der Waals surface area (Å²) in [5.74, 6) is -3.81. The molecule has 0 bridgehead atoms. The van der Waals surface area contributed by atoms with Crippen molar-refractivity contribution in [1.29, 1.82) is 0 Å². The fraction of sp³-hybridized carbons (Fsp3) is 0.360. The van der Waals surface area contributed by atoms with Crippen LogP contribution in [0.1, 0.15) is 36.1 Å². The van der Waals surface area contributed by atoms with E-state index in [1.807, 2.05) is 25.1 Å². The second-order valence-corrected chi connectivity index (χ2v) is 9.64. The molecule has 1 saturated heterocycles. The first kappa shape index (κ1) is 27.3. The first-order chi connectivity index (χ1) is 18.0. The number of phenols is 2. The number of aromatic hydroxyl groups is 2. The molecule has 0 saturated carbocycles. The molecule has 0 radical (unpaired) electrons. The third-order valence-corrected chi connectivity index (χ3v) is 7.24. The summed E-state index contributed by atoms with van der Waals surface area (Å²) in [5, 5.41) is 32.7. The number of likely N-dealkylation sites (N-methyl/N-ethyl adjacent to an activating group) is 1. The number of ketones is 1. The van der Waals surface area contributed by atoms with Gasteiger partial charge in [0.05, 0.1) is 5.02 Å². The maximum Gasteiger partial charge on any atom is 0.526 e. The van der Waals surface area contributed by atoms with Gasteiger partial charge in [0, 0.05) is 37.4 Å². The average molecular weight is 544 g/mol. The lowest BCUT2D eigenvalue weighted by molar-refractivity contribution is -0.153. The predicted octanol–water partition coefficient (Wildman–Crippen LogP) is 1.95. The van der Waals surface area contributed by atoms with Gasteiger partial charge in [-0.1, -0.05) is 35.9 Å². The minimum absolute atomic E-state index is 0.0336. The van der Waals surface area contributed by atoms with E-state index in [2.05, 4.69) is 5.32 Å². The molecule has 0 aromatic heterocycles. The molecule has 2 aliphatic rings. The molecular formula is C25H27BClN3O8. The van der Waals surface area contributed by atoms with E-state index in [9.17, 15) is 34.4 Å². The van der Waals surface area contributed by atoms with Gasteiger partial charge in [-0.25, -0.2) is 4.79 Å². The van der Waals surface area contributed by atoms with Crippen LogP contribution >= 0.6 is 11.6 Å². The molecule has 0 spiro atoms. The Hall–Kier alpha value is -3.77. The number of para-hydroxylation sites is 1. The lowest BCUT2D eigenvalue weighted by atomic mass is 9.64. The number of nitrogens with one attached hydrogen (secondary N) is 1. The van der Waals surface area contributed by atoms with Gasteiger partial charge in [-0.15, -0.1) is 0 Å². The van der Waals surface area contributed by atoms with Crippen LogP contribution in [0, 0.1) is 6.92 Å². The number of carbonyl (C=O) groups excluding carboxylic acids is 4. The van der Waals surface area contributed by atoms with Gasteiger partial charge in [0.15, 0.2) is 17.3 Å². The lowest BCUT2D eigenvalue weighted by Gasteiger charge is -2.33. The number of amides is 4. The maximum atomic E-state index is 13.6. The van der Waals surface area contributed by atoms with E-state index in [-0.39, 0.29) is 30.1 Å². The van der Waals surface area contributed by atoms with Crippen LogP contribution in [0.4, 0.5) is 4.79 Å². The third kappa shape index (κ3) is 5.14. The topological polar surface area (TPSA) is 157 Å². The number of rotatable bonds is 6. The summed E-state index contributed by atoms with van der Waals surface area (Å²) in [6.45, 7) is 3.91. The maximum absolute atomic E-state index is 13.6. The lowest BCUT2D eigenvalue weighted by Crippen LogP contribution is -2.58. The molecular weight excluding hydrogens is 517 g/mol. The monoisotopic (exact) mass is 543 g/mol. The highest BCUT2D eigenvalue weighted by molar-refractivity contribution is 6.47. The molecule has 4 N–H and O–H groups in total. The number of hydrogen-bond donors (Lipinski definition) is 4. The van der Waals surface area contributed by atoms with Gasteiger partial charge < -0.3 is 30.1 Å². The molecule has 1 unspecified atom stereocenters. The highest BCUT2D eigenvalue weighted by Crippen LogP contribution is 2.40. The Morgan fingerprint density at radius 3 is 2.63 bits per heavy atom. The predicted molar refractivity (Wildman–Crippen MR) is 137 cm³/mol. The van der Waals surface area contributed by atoms with Crippen LogP contribution in [0.5, 0.6) is 17.2 Å². The molecule has 2 aromatic carbocycles. The smallest absolute Gasteiger partial charge is 0.526 e. The van der Waals surface area contributed by atoms with Crippen molar-refractivity contribution in [3.8, 4) is 17.2 Å². The van der Waals surface area contributed by atoms with Gasteiger partial charge >= 0.3 is 25.0 Å². The number of imide groups is 1. The van der Waals surface area contributed by atoms with Crippen molar-refractivity contribution in [3.05, 3.63) is 52.0 Å². The van der Waals surface area contributed by atoms with Crippen LogP contribution in [-0.2, 0) is 20.8 Å². The van der Waals surface area contributed by atoms with Gasteiger partial charge in [0.25, 0.3) is 0 Å². The molecule has 4 rings (SSSR count). The normalized spacial score (nSPS) is 18.1. The number of benzene rings is 2. The summed E-state index contributed by atoms with van der Waals surface area (Å²) in [6, 6.07) is 5.41. The number of phenolic OH excluding ortho intramolecular Hbond substituents is 2. The number of Topliss-reactive ketones (excluding diaryl/α,β-unsaturated/α-hetero) is 1. The van der Waals surface area contributed by atoms with Gasteiger partial charge in [0.1, 0.15) is 11.8 Å². The van der Waals surface area contributed by atoms with E-state index in [1.165, 1.54) is 11.0 Å². The van der Waals surface area contributed by atoms with Crippen LogP contribution in [-0.4, -0.2) is 75.4 Å². The fourth-order valence-electron chi connectivity index (χ4n) is 4.69. The number of carbonyl (C=O) groups is 4. The van der Waals surface area contributed by atoms with Crippen molar-refractivity contribution in [3.63, 3.8) is 0 Å². The summed E-state index contributed by atoms with van der Waals surface area (Å²) in [7, 11) is -1.30. The van der Waals surface area contributed by atoms with Crippen LogP contribution < -0.4 is 9.97 Å². The number of halogens is 1. The Labute approximate surface area is 224 Å². The number of aryl methyl sites for hydroxylation is 1. The van der Waals surface area contributed by atoms with Crippen molar-refractivity contribution >= 4 is 42.3 Å². The molecule has 11 nitrogen and oxygen atoms in total. The zero-order chi connectivity index (χ0) is 27.7. The highest BCUT2D eigenvalue weighted by atomic mass is 35.5. The Kier molecular flexibility index (Phi) is 7.84. The molecule has 2 heterocycles. The quantitative estimate of drug-likeness (QED) is 0.245. The van der Waals surface area contributed by atoms with Crippen LogP contribution in [0.2, 0.25) is 10.8 Å². The zero-order valence-corrected chi connectivity index (χ0v) is 21.6. The standard InChI is InChI=1S/C25H27BClN3O8/c1-3-29-9-10-30(24(35)23(29)34)25(36)28-20(16-7-8-17(31)21(33)19(16)27)18(32)12-15-11-14-6-4-5-13(2)22(14)38-26(15)37/h4-8,15,20,31,33,37H,3,9-12H2,1-2H3,(H,28,36)/t15-,20?/m1/s1. The van der Waals surface area contributed by atoms with Crippen molar-refractivity contribution in [2.45, 2.75) is 38.5 Å².